The lowest BCUT2D eigenvalue weighted by Gasteiger charge is -2.26. The predicted molar refractivity (Wildman–Crippen MR) is 131 cm³/mol. The molecule has 0 spiro atoms. The van der Waals surface area contributed by atoms with Gasteiger partial charge in [0.05, 0.1) is 21.3 Å². The summed E-state index contributed by atoms with van der Waals surface area (Å²) in [6.07, 6.45) is 1.32. The summed E-state index contributed by atoms with van der Waals surface area (Å²) in [5.74, 6) is 0.0993. The number of hydrogen-bond acceptors (Lipinski definition) is 4. The van der Waals surface area contributed by atoms with E-state index in [9.17, 15) is 9.90 Å². The summed E-state index contributed by atoms with van der Waals surface area (Å²) in [4.78, 5) is 13.0. The standard InChI is InChI=1S/C25H17Cl3N2O3/c26-20-14-22(28)21(27)13-19(20)23-12-11-18(33-23)15-29-30-24(31)25(32,16-7-3-1-4-8-16)17-9-5-2-6-10-17/h1-15,32H,(H,30,31)/b29-15-. The summed E-state index contributed by atoms with van der Waals surface area (Å²) in [5.41, 5.74) is 1.87. The second-order valence-corrected chi connectivity index (χ2v) is 8.31. The van der Waals surface area contributed by atoms with Gasteiger partial charge >= 0.3 is 0 Å². The molecule has 0 aliphatic rings. The van der Waals surface area contributed by atoms with Gasteiger partial charge in [-0.15, -0.1) is 0 Å². The zero-order valence-corrected chi connectivity index (χ0v) is 19.3. The molecule has 1 amide bonds. The Bertz CT molecular complexity index is 1270. The molecule has 8 heteroatoms. The van der Waals surface area contributed by atoms with Gasteiger partial charge in [0, 0.05) is 5.56 Å². The number of furan rings is 1. The van der Waals surface area contributed by atoms with Gasteiger partial charge in [0.25, 0.3) is 5.91 Å². The van der Waals surface area contributed by atoms with Gasteiger partial charge in [-0.1, -0.05) is 95.5 Å². The Hall–Kier alpha value is -3.09. The van der Waals surface area contributed by atoms with Crippen LogP contribution in [0, 0.1) is 0 Å². The number of hydrogen-bond donors (Lipinski definition) is 2. The monoisotopic (exact) mass is 498 g/mol. The minimum Gasteiger partial charge on any atom is -0.455 e. The summed E-state index contributed by atoms with van der Waals surface area (Å²) in [6.45, 7) is 0. The highest BCUT2D eigenvalue weighted by molar-refractivity contribution is 6.44. The molecule has 0 fully saturated rings. The Morgan fingerprint density at radius 3 is 2.03 bits per heavy atom. The summed E-state index contributed by atoms with van der Waals surface area (Å²) in [5, 5.41) is 16.4. The van der Waals surface area contributed by atoms with Gasteiger partial charge in [0.15, 0.2) is 5.60 Å². The highest BCUT2D eigenvalue weighted by Crippen LogP contribution is 2.36. The van der Waals surface area contributed by atoms with Crippen molar-refractivity contribution in [2.45, 2.75) is 5.60 Å². The quantitative estimate of drug-likeness (QED) is 0.186. The molecule has 0 saturated carbocycles. The average molecular weight is 500 g/mol. The van der Waals surface area contributed by atoms with E-state index < -0.39 is 11.5 Å². The van der Waals surface area contributed by atoms with Crippen molar-refractivity contribution in [3.63, 3.8) is 0 Å². The SMILES string of the molecule is O=C(N/N=C\c1ccc(-c2cc(Cl)c(Cl)cc2Cl)o1)C(O)(c1ccccc1)c1ccccc1. The third kappa shape index (κ3) is 4.82. The lowest BCUT2D eigenvalue weighted by molar-refractivity contribution is -0.136. The summed E-state index contributed by atoms with van der Waals surface area (Å²) in [6, 6.07) is 23.8. The Morgan fingerprint density at radius 1 is 0.848 bits per heavy atom. The van der Waals surface area contributed by atoms with Crippen LogP contribution >= 0.6 is 34.8 Å². The van der Waals surface area contributed by atoms with Crippen LogP contribution in [0.5, 0.6) is 0 Å². The van der Waals surface area contributed by atoms with Gasteiger partial charge in [-0.3, -0.25) is 4.79 Å². The second kappa shape index (κ2) is 9.81. The number of hydrazone groups is 1. The van der Waals surface area contributed by atoms with Crippen molar-refractivity contribution >= 4 is 46.9 Å². The van der Waals surface area contributed by atoms with E-state index in [1.807, 2.05) is 0 Å². The van der Waals surface area contributed by atoms with E-state index in [1.165, 1.54) is 12.3 Å². The van der Waals surface area contributed by atoms with Gasteiger partial charge in [-0.25, -0.2) is 5.43 Å². The molecule has 4 aromatic rings. The van der Waals surface area contributed by atoms with E-state index in [0.717, 1.165) is 0 Å². The van der Waals surface area contributed by atoms with E-state index in [1.54, 1.807) is 78.9 Å². The molecule has 3 aromatic carbocycles. The molecule has 0 radical (unpaired) electrons. The molecule has 0 atom stereocenters. The number of rotatable bonds is 6. The van der Waals surface area contributed by atoms with Gasteiger partial charge in [-0.05, 0) is 35.4 Å². The van der Waals surface area contributed by atoms with E-state index in [2.05, 4.69) is 10.5 Å². The summed E-state index contributed by atoms with van der Waals surface area (Å²) >= 11 is 18.3. The molecule has 0 bridgehead atoms. The largest absolute Gasteiger partial charge is 0.455 e. The van der Waals surface area contributed by atoms with Gasteiger partial charge in [-0.2, -0.15) is 5.10 Å². The lowest BCUT2D eigenvalue weighted by Crippen LogP contribution is -2.43. The van der Waals surface area contributed by atoms with Gasteiger partial charge < -0.3 is 9.52 Å². The number of benzene rings is 3. The fraction of sp³-hybridized carbons (Fsp3) is 0.0400. The normalized spacial score (nSPS) is 11.6. The van der Waals surface area contributed by atoms with Crippen LogP contribution in [0.2, 0.25) is 15.1 Å². The van der Waals surface area contributed by atoms with Crippen molar-refractivity contribution in [1.29, 1.82) is 0 Å². The van der Waals surface area contributed by atoms with Crippen molar-refractivity contribution in [3.8, 4) is 11.3 Å². The van der Waals surface area contributed by atoms with Crippen molar-refractivity contribution < 1.29 is 14.3 Å². The second-order valence-electron chi connectivity index (χ2n) is 7.09. The number of carbonyl (C=O) groups is 1. The number of amides is 1. The van der Waals surface area contributed by atoms with Crippen LogP contribution in [0.4, 0.5) is 0 Å². The topological polar surface area (TPSA) is 74.8 Å². The molecule has 166 valence electrons. The smallest absolute Gasteiger partial charge is 0.281 e. The predicted octanol–water partition coefficient (Wildman–Crippen LogP) is 6.29. The maximum absolute atomic E-state index is 13.0. The van der Waals surface area contributed by atoms with Crippen molar-refractivity contribution in [2.24, 2.45) is 5.10 Å². The minimum absolute atomic E-state index is 0.339. The number of halogens is 3. The number of nitrogens with one attached hydrogen (secondary N) is 1. The molecular formula is C25H17Cl3N2O3. The first-order chi connectivity index (χ1) is 15.9. The fourth-order valence-electron chi connectivity index (χ4n) is 3.30. The molecule has 0 saturated heterocycles. The summed E-state index contributed by atoms with van der Waals surface area (Å²) < 4.78 is 5.73. The summed E-state index contributed by atoms with van der Waals surface area (Å²) in [7, 11) is 0. The molecule has 0 aliphatic carbocycles. The van der Waals surface area contributed by atoms with E-state index >= 15 is 0 Å². The van der Waals surface area contributed by atoms with E-state index in [0.29, 0.717) is 43.3 Å². The zero-order valence-electron chi connectivity index (χ0n) is 17.0. The van der Waals surface area contributed by atoms with Crippen LogP contribution in [0.1, 0.15) is 16.9 Å². The molecular weight excluding hydrogens is 483 g/mol. The zero-order chi connectivity index (χ0) is 23.4. The highest BCUT2D eigenvalue weighted by Gasteiger charge is 2.39. The Kier molecular flexibility index (Phi) is 6.86. The first kappa shape index (κ1) is 23.1. The van der Waals surface area contributed by atoms with Crippen LogP contribution in [-0.4, -0.2) is 17.2 Å². The minimum atomic E-state index is -1.93. The number of nitrogens with zero attached hydrogens (tertiary/aromatic N) is 1. The van der Waals surface area contributed by atoms with Crippen molar-refractivity contribution in [2.75, 3.05) is 0 Å². The van der Waals surface area contributed by atoms with Crippen LogP contribution in [-0.2, 0) is 10.4 Å². The highest BCUT2D eigenvalue weighted by atomic mass is 35.5. The number of aliphatic hydroxyl groups is 1. The molecule has 33 heavy (non-hydrogen) atoms. The maximum Gasteiger partial charge on any atom is 0.281 e. The van der Waals surface area contributed by atoms with Gasteiger partial charge in [0.2, 0.25) is 0 Å². The van der Waals surface area contributed by atoms with E-state index in [4.69, 9.17) is 39.2 Å². The molecule has 1 aromatic heterocycles. The van der Waals surface area contributed by atoms with E-state index in [-0.39, 0.29) is 0 Å². The molecule has 4 rings (SSSR count). The first-order valence-corrected chi connectivity index (χ1v) is 10.9. The third-order valence-electron chi connectivity index (χ3n) is 4.97. The van der Waals surface area contributed by atoms with Crippen LogP contribution < -0.4 is 5.43 Å². The van der Waals surface area contributed by atoms with Crippen LogP contribution in [0.3, 0.4) is 0 Å². The molecule has 1 heterocycles. The Morgan fingerprint density at radius 2 is 1.42 bits per heavy atom. The molecule has 2 N–H and O–H groups in total. The Balaban J connectivity index is 1.56. The van der Waals surface area contributed by atoms with Gasteiger partial charge in [0.1, 0.15) is 11.5 Å². The Labute approximate surface area is 205 Å². The molecule has 0 aliphatic heterocycles. The first-order valence-electron chi connectivity index (χ1n) is 9.81. The van der Waals surface area contributed by atoms with Crippen molar-refractivity contribution in [1.82, 2.24) is 5.43 Å². The number of carbonyl (C=O) groups excluding carboxylic acids is 1. The van der Waals surface area contributed by atoms with Crippen LogP contribution in [0.25, 0.3) is 11.3 Å². The molecule has 0 unspecified atom stereocenters. The molecule has 5 nitrogen and oxygen atoms in total. The lowest BCUT2D eigenvalue weighted by atomic mass is 9.85. The fourth-order valence-corrected chi connectivity index (χ4v) is 3.94. The van der Waals surface area contributed by atoms with Crippen molar-refractivity contribution in [3.05, 3.63) is 117 Å². The van der Waals surface area contributed by atoms with Crippen LogP contribution in [0.15, 0.2) is 94.4 Å². The average Bonchev–Trinajstić information content (AvgIpc) is 3.30. The third-order valence-corrected chi connectivity index (χ3v) is 6.01. The maximum atomic E-state index is 13.0.